The van der Waals surface area contributed by atoms with Gasteiger partial charge in [-0.05, 0) is 37.8 Å². The minimum absolute atomic E-state index is 0.0199. The summed E-state index contributed by atoms with van der Waals surface area (Å²) in [5, 5.41) is 0. The first-order valence-electron chi connectivity index (χ1n) is 9.82. The van der Waals surface area contributed by atoms with Gasteiger partial charge in [-0.25, -0.2) is 8.42 Å². The molecule has 1 aromatic carbocycles. The highest BCUT2D eigenvalue weighted by Gasteiger charge is 2.48. The van der Waals surface area contributed by atoms with Crippen molar-refractivity contribution in [3.8, 4) is 0 Å². The Kier molecular flexibility index (Phi) is 5.06. The zero-order chi connectivity index (χ0) is 18.1. The van der Waals surface area contributed by atoms with E-state index in [0.29, 0.717) is 6.54 Å². The monoisotopic (exact) mass is 376 g/mol. The molecule has 4 rings (SSSR count). The molecule has 1 amide bonds. The molecule has 142 valence electrons. The third-order valence-electron chi connectivity index (χ3n) is 6.28. The van der Waals surface area contributed by atoms with Crippen molar-refractivity contribution < 1.29 is 13.2 Å². The van der Waals surface area contributed by atoms with Crippen LogP contribution in [0.3, 0.4) is 0 Å². The Bertz CT molecular complexity index is 746. The largest absolute Gasteiger partial charge is 0.336 e. The van der Waals surface area contributed by atoms with Crippen LogP contribution in [0.15, 0.2) is 30.3 Å². The Morgan fingerprint density at radius 2 is 1.77 bits per heavy atom. The molecule has 1 saturated carbocycles. The molecule has 1 aliphatic carbocycles. The normalized spacial score (nSPS) is 28.5. The average Bonchev–Trinajstić information content (AvgIpc) is 2.89. The molecule has 2 aliphatic heterocycles. The zero-order valence-electron chi connectivity index (χ0n) is 15.2. The maximum atomic E-state index is 12.8. The van der Waals surface area contributed by atoms with Gasteiger partial charge >= 0.3 is 0 Å². The number of fused-ring (bicyclic) bond motifs is 1. The van der Waals surface area contributed by atoms with Crippen LogP contribution in [-0.2, 0) is 21.1 Å². The van der Waals surface area contributed by atoms with Gasteiger partial charge in [-0.3, -0.25) is 9.69 Å². The van der Waals surface area contributed by atoms with E-state index in [9.17, 15) is 13.2 Å². The number of hydrogen-bond donors (Lipinski definition) is 0. The fourth-order valence-corrected chi connectivity index (χ4v) is 6.61. The molecule has 0 radical (unpaired) electrons. The fourth-order valence-electron chi connectivity index (χ4n) is 4.60. The third-order valence-corrected chi connectivity index (χ3v) is 7.98. The van der Waals surface area contributed by atoms with Crippen LogP contribution in [0.5, 0.6) is 0 Å². The molecule has 5 nitrogen and oxygen atoms in total. The standard InChI is InChI=1S/C20H28N2O3S/c23-20(17-9-4-10-17)22-13-12-21(18-14-26(24,25)15-19(18)22)11-5-8-16-6-2-1-3-7-16/h1-3,6-7,17-19H,4-5,8-15H2/t18-,19+/m1/s1. The van der Waals surface area contributed by atoms with Gasteiger partial charge < -0.3 is 4.90 Å². The van der Waals surface area contributed by atoms with Crippen molar-refractivity contribution in [2.24, 2.45) is 5.92 Å². The predicted octanol–water partition coefficient (Wildman–Crippen LogP) is 1.73. The van der Waals surface area contributed by atoms with E-state index in [2.05, 4.69) is 29.2 Å². The number of carbonyl (C=O) groups is 1. The fraction of sp³-hybridized carbons (Fsp3) is 0.650. The van der Waals surface area contributed by atoms with Crippen LogP contribution in [0, 0.1) is 5.92 Å². The van der Waals surface area contributed by atoms with Crippen LogP contribution < -0.4 is 0 Å². The lowest BCUT2D eigenvalue weighted by atomic mass is 9.83. The molecule has 2 saturated heterocycles. The van der Waals surface area contributed by atoms with Crippen molar-refractivity contribution in [3.63, 3.8) is 0 Å². The van der Waals surface area contributed by atoms with Gasteiger partial charge in [-0.2, -0.15) is 0 Å². The minimum atomic E-state index is -3.06. The number of aryl methyl sites for hydroxylation is 1. The molecule has 0 N–H and O–H groups in total. The van der Waals surface area contributed by atoms with Crippen LogP contribution in [-0.4, -0.2) is 67.3 Å². The molecular formula is C20H28N2O3S. The van der Waals surface area contributed by atoms with Crippen molar-refractivity contribution >= 4 is 15.7 Å². The molecule has 2 atom stereocenters. The molecule has 3 aliphatic rings. The molecule has 0 aromatic heterocycles. The molecule has 1 aromatic rings. The van der Waals surface area contributed by atoms with E-state index in [-0.39, 0.29) is 35.4 Å². The first-order chi connectivity index (χ1) is 12.5. The maximum Gasteiger partial charge on any atom is 0.226 e. The minimum Gasteiger partial charge on any atom is -0.336 e. The summed E-state index contributed by atoms with van der Waals surface area (Å²) < 4.78 is 24.6. The lowest BCUT2D eigenvalue weighted by Gasteiger charge is -2.46. The van der Waals surface area contributed by atoms with E-state index < -0.39 is 9.84 Å². The Morgan fingerprint density at radius 1 is 1.04 bits per heavy atom. The van der Waals surface area contributed by atoms with Crippen LogP contribution in [0.25, 0.3) is 0 Å². The second-order valence-corrected chi connectivity index (χ2v) is 10.1. The van der Waals surface area contributed by atoms with E-state index in [4.69, 9.17) is 0 Å². The SMILES string of the molecule is O=C(C1CCC1)N1CCN(CCCc2ccccc2)[C@@H]2CS(=O)(=O)C[C@@H]21. The van der Waals surface area contributed by atoms with Crippen LogP contribution in [0.1, 0.15) is 31.2 Å². The zero-order valence-corrected chi connectivity index (χ0v) is 16.0. The smallest absolute Gasteiger partial charge is 0.226 e. The molecule has 26 heavy (non-hydrogen) atoms. The third kappa shape index (κ3) is 3.67. The lowest BCUT2D eigenvalue weighted by molar-refractivity contribution is -0.144. The van der Waals surface area contributed by atoms with E-state index >= 15 is 0 Å². The summed E-state index contributed by atoms with van der Waals surface area (Å²) in [5.74, 6) is 0.693. The summed E-state index contributed by atoms with van der Waals surface area (Å²) in [7, 11) is -3.06. The van der Waals surface area contributed by atoms with Crippen molar-refractivity contribution in [2.45, 2.75) is 44.2 Å². The van der Waals surface area contributed by atoms with Gasteiger partial charge in [0, 0.05) is 25.0 Å². The van der Waals surface area contributed by atoms with Gasteiger partial charge in [0.25, 0.3) is 0 Å². The number of hydrogen-bond acceptors (Lipinski definition) is 4. The van der Waals surface area contributed by atoms with Gasteiger partial charge in [0.1, 0.15) is 0 Å². The van der Waals surface area contributed by atoms with E-state index in [0.717, 1.165) is 45.2 Å². The quantitative estimate of drug-likeness (QED) is 0.785. The Labute approximate surface area is 156 Å². The van der Waals surface area contributed by atoms with Gasteiger partial charge in [-0.1, -0.05) is 36.8 Å². The second kappa shape index (κ2) is 7.31. The van der Waals surface area contributed by atoms with Crippen LogP contribution in [0.2, 0.25) is 0 Å². The molecular weight excluding hydrogens is 348 g/mol. The average molecular weight is 377 g/mol. The Morgan fingerprint density at radius 3 is 2.46 bits per heavy atom. The van der Waals surface area contributed by atoms with Gasteiger partial charge in [-0.15, -0.1) is 0 Å². The highest BCUT2D eigenvalue weighted by atomic mass is 32.2. The van der Waals surface area contributed by atoms with Crippen molar-refractivity contribution in [1.29, 1.82) is 0 Å². The van der Waals surface area contributed by atoms with Crippen molar-refractivity contribution in [3.05, 3.63) is 35.9 Å². The number of nitrogens with zero attached hydrogens (tertiary/aromatic N) is 2. The maximum absolute atomic E-state index is 12.8. The van der Waals surface area contributed by atoms with Crippen molar-refractivity contribution in [1.82, 2.24) is 9.80 Å². The summed E-state index contributed by atoms with van der Waals surface area (Å²) >= 11 is 0. The first kappa shape index (κ1) is 18.0. The predicted molar refractivity (Wildman–Crippen MR) is 102 cm³/mol. The van der Waals surface area contributed by atoms with Gasteiger partial charge in [0.05, 0.1) is 17.5 Å². The lowest BCUT2D eigenvalue weighted by Crippen LogP contribution is -2.61. The summed E-state index contributed by atoms with van der Waals surface area (Å²) in [6.45, 7) is 2.37. The summed E-state index contributed by atoms with van der Waals surface area (Å²) in [6.07, 6.45) is 5.10. The van der Waals surface area contributed by atoms with Crippen molar-refractivity contribution in [2.75, 3.05) is 31.1 Å². The molecule has 6 heteroatoms. The van der Waals surface area contributed by atoms with Crippen LogP contribution in [0.4, 0.5) is 0 Å². The van der Waals surface area contributed by atoms with Crippen LogP contribution >= 0.6 is 0 Å². The number of piperazine rings is 1. The second-order valence-electron chi connectivity index (χ2n) is 8.00. The molecule has 2 heterocycles. The van der Waals surface area contributed by atoms with E-state index in [1.165, 1.54) is 5.56 Å². The molecule has 0 bridgehead atoms. The summed E-state index contributed by atoms with van der Waals surface area (Å²) in [6, 6.07) is 10.2. The number of rotatable bonds is 5. The number of amides is 1. The Balaban J connectivity index is 1.41. The Hall–Kier alpha value is -1.40. The summed E-state index contributed by atoms with van der Waals surface area (Å²) in [5.41, 5.74) is 1.32. The summed E-state index contributed by atoms with van der Waals surface area (Å²) in [4.78, 5) is 17.0. The molecule has 0 spiro atoms. The number of carbonyl (C=O) groups excluding carboxylic acids is 1. The number of benzene rings is 1. The highest BCUT2D eigenvalue weighted by molar-refractivity contribution is 7.91. The van der Waals surface area contributed by atoms with E-state index in [1.807, 2.05) is 11.0 Å². The molecule has 3 fully saturated rings. The molecule has 0 unspecified atom stereocenters. The highest BCUT2D eigenvalue weighted by Crippen LogP contribution is 2.33. The van der Waals surface area contributed by atoms with Gasteiger partial charge in [0.15, 0.2) is 9.84 Å². The van der Waals surface area contributed by atoms with E-state index in [1.54, 1.807) is 0 Å². The first-order valence-corrected chi connectivity index (χ1v) is 11.6. The number of sulfone groups is 1. The van der Waals surface area contributed by atoms with Gasteiger partial charge in [0.2, 0.25) is 5.91 Å². The topological polar surface area (TPSA) is 57.7 Å².